The number of hydrogen-bond donors (Lipinski definition) is 4. The van der Waals surface area contributed by atoms with Crippen molar-refractivity contribution >= 4 is 23.8 Å². The highest BCUT2D eigenvalue weighted by Crippen LogP contribution is 2.46. The van der Waals surface area contributed by atoms with Gasteiger partial charge in [0.05, 0.1) is 0 Å². The van der Waals surface area contributed by atoms with Gasteiger partial charge in [-0.2, -0.15) is 11.8 Å². The van der Waals surface area contributed by atoms with Gasteiger partial charge in [0.2, 0.25) is 0 Å². The third-order valence-corrected chi connectivity index (χ3v) is 4.22. The van der Waals surface area contributed by atoms with Crippen molar-refractivity contribution in [2.75, 3.05) is 19.3 Å². The topological polar surface area (TPSA) is 98.7 Å². The van der Waals surface area contributed by atoms with E-state index in [0.29, 0.717) is 6.54 Å². The van der Waals surface area contributed by atoms with Gasteiger partial charge in [-0.1, -0.05) is 0 Å². The molecule has 2 amide bonds. The first-order chi connectivity index (χ1) is 7.99. The second-order valence-electron chi connectivity index (χ2n) is 4.14. The molecule has 0 aromatic carbocycles. The molecule has 4 N–H and O–H groups in total. The van der Waals surface area contributed by atoms with Crippen LogP contribution in [0.15, 0.2) is 0 Å². The minimum Gasteiger partial charge on any atom is -0.479 e. The summed E-state index contributed by atoms with van der Waals surface area (Å²) in [5.74, 6) is -1.27. The lowest BCUT2D eigenvalue weighted by Gasteiger charge is -2.14. The summed E-state index contributed by atoms with van der Waals surface area (Å²) in [7, 11) is 0. The average molecular weight is 262 g/mol. The fourth-order valence-corrected chi connectivity index (χ4v) is 2.07. The maximum absolute atomic E-state index is 11.3. The van der Waals surface area contributed by atoms with Gasteiger partial charge >= 0.3 is 12.0 Å². The molecule has 17 heavy (non-hydrogen) atoms. The van der Waals surface area contributed by atoms with Crippen molar-refractivity contribution in [3.8, 4) is 0 Å². The molecule has 0 radical (unpaired) electrons. The van der Waals surface area contributed by atoms with E-state index in [2.05, 4.69) is 10.6 Å². The van der Waals surface area contributed by atoms with Gasteiger partial charge < -0.3 is 20.8 Å². The Morgan fingerprint density at radius 3 is 2.53 bits per heavy atom. The van der Waals surface area contributed by atoms with Gasteiger partial charge in [-0.15, -0.1) is 0 Å². The SMILES string of the molecule is CSC1(CNC(=O)NCCC(O)C(=O)O)CC1. The number of carbonyl (C=O) groups is 2. The summed E-state index contributed by atoms with van der Waals surface area (Å²) in [4.78, 5) is 21.6. The van der Waals surface area contributed by atoms with Crippen LogP contribution in [-0.2, 0) is 4.79 Å². The lowest BCUT2D eigenvalue weighted by atomic mass is 10.2. The van der Waals surface area contributed by atoms with Gasteiger partial charge in [0.1, 0.15) is 0 Å². The predicted molar refractivity (Wildman–Crippen MR) is 65.1 cm³/mol. The number of aliphatic hydroxyl groups is 1. The highest BCUT2D eigenvalue weighted by molar-refractivity contribution is 8.00. The molecular weight excluding hydrogens is 244 g/mol. The molecule has 0 aromatic heterocycles. The first kappa shape index (κ1) is 14.1. The number of aliphatic carboxylic acids is 1. The van der Waals surface area contributed by atoms with Crippen molar-refractivity contribution < 1.29 is 19.8 Å². The Bertz CT molecular complexity index is 294. The van der Waals surface area contributed by atoms with Crippen molar-refractivity contribution in [2.24, 2.45) is 0 Å². The molecule has 1 fully saturated rings. The third-order valence-electron chi connectivity index (χ3n) is 2.80. The summed E-state index contributed by atoms with van der Waals surface area (Å²) in [6.07, 6.45) is 2.85. The fraction of sp³-hybridized carbons (Fsp3) is 0.800. The van der Waals surface area contributed by atoms with Crippen LogP contribution >= 0.6 is 11.8 Å². The molecule has 1 saturated carbocycles. The number of amides is 2. The molecule has 1 rings (SSSR count). The fourth-order valence-electron chi connectivity index (χ4n) is 1.34. The lowest BCUT2D eigenvalue weighted by Crippen LogP contribution is -2.41. The van der Waals surface area contributed by atoms with Gasteiger partial charge in [0, 0.05) is 24.3 Å². The van der Waals surface area contributed by atoms with E-state index in [0.717, 1.165) is 12.8 Å². The Hall–Kier alpha value is -0.950. The van der Waals surface area contributed by atoms with E-state index in [1.54, 1.807) is 11.8 Å². The standard InChI is InChI=1S/C10H18N2O4S/c1-17-10(3-4-10)6-12-9(16)11-5-2-7(13)8(14)15/h7,13H,2-6H2,1H3,(H,14,15)(H2,11,12,16). The Balaban J connectivity index is 2.07. The maximum atomic E-state index is 11.3. The Kier molecular flexibility index (Phi) is 5.07. The number of urea groups is 1. The molecule has 1 aliphatic rings. The molecule has 0 bridgehead atoms. The van der Waals surface area contributed by atoms with Crippen LogP contribution in [0.1, 0.15) is 19.3 Å². The Morgan fingerprint density at radius 2 is 2.06 bits per heavy atom. The van der Waals surface area contributed by atoms with Crippen molar-refractivity contribution in [1.29, 1.82) is 0 Å². The van der Waals surface area contributed by atoms with E-state index in [9.17, 15) is 9.59 Å². The largest absolute Gasteiger partial charge is 0.479 e. The summed E-state index contributed by atoms with van der Waals surface area (Å²) in [6, 6.07) is -0.317. The van der Waals surface area contributed by atoms with Crippen LogP contribution in [0.3, 0.4) is 0 Å². The van der Waals surface area contributed by atoms with Gasteiger partial charge in [0.15, 0.2) is 6.10 Å². The second kappa shape index (κ2) is 6.11. The van der Waals surface area contributed by atoms with Crippen molar-refractivity contribution in [3.05, 3.63) is 0 Å². The van der Waals surface area contributed by atoms with E-state index in [1.807, 2.05) is 6.26 Å². The number of aliphatic hydroxyl groups excluding tert-OH is 1. The third kappa shape index (κ3) is 4.82. The number of nitrogens with one attached hydrogen (secondary N) is 2. The monoisotopic (exact) mass is 262 g/mol. The highest BCUT2D eigenvalue weighted by Gasteiger charge is 2.41. The maximum Gasteiger partial charge on any atom is 0.332 e. The number of hydrogen-bond acceptors (Lipinski definition) is 4. The lowest BCUT2D eigenvalue weighted by molar-refractivity contribution is -0.146. The molecule has 7 heteroatoms. The van der Waals surface area contributed by atoms with Crippen molar-refractivity contribution in [2.45, 2.75) is 30.1 Å². The minimum atomic E-state index is -1.42. The zero-order valence-corrected chi connectivity index (χ0v) is 10.5. The molecule has 0 heterocycles. The van der Waals surface area contributed by atoms with E-state index in [-0.39, 0.29) is 23.7 Å². The van der Waals surface area contributed by atoms with Crippen LogP contribution in [0.25, 0.3) is 0 Å². The molecule has 0 saturated heterocycles. The van der Waals surface area contributed by atoms with E-state index in [4.69, 9.17) is 10.2 Å². The molecule has 6 nitrogen and oxygen atoms in total. The molecule has 1 atom stereocenters. The van der Waals surface area contributed by atoms with Gasteiger partial charge in [-0.25, -0.2) is 9.59 Å². The Morgan fingerprint density at radius 1 is 1.41 bits per heavy atom. The molecular formula is C10H18N2O4S. The molecule has 0 aromatic rings. The van der Waals surface area contributed by atoms with E-state index < -0.39 is 12.1 Å². The summed E-state index contributed by atoms with van der Waals surface area (Å²) >= 11 is 1.75. The van der Waals surface area contributed by atoms with E-state index in [1.165, 1.54) is 0 Å². The van der Waals surface area contributed by atoms with Crippen LogP contribution in [0, 0.1) is 0 Å². The van der Waals surface area contributed by atoms with Gasteiger partial charge in [-0.05, 0) is 19.1 Å². The highest BCUT2D eigenvalue weighted by atomic mass is 32.2. The van der Waals surface area contributed by atoms with Gasteiger partial charge in [-0.3, -0.25) is 0 Å². The second-order valence-corrected chi connectivity index (χ2v) is 5.41. The zero-order valence-electron chi connectivity index (χ0n) is 9.73. The van der Waals surface area contributed by atoms with Crippen molar-refractivity contribution in [3.63, 3.8) is 0 Å². The first-order valence-electron chi connectivity index (χ1n) is 5.47. The molecule has 1 aliphatic carbocycles. The normalized spacial score (nSPS) is 18.2. The molecule has 98 valence electrons. The van der Waals surface area contributed by atoms with Gasteiger partial charge in [0.25, 0.3) is 0 Å². The number of carboxylic acids is 1. The zero-order chi connectivity index (χ0) is 12.9. The predicted octanol–water partition coefficient (Wildman–Crippen LogP) is 0.0168. The van der Waals surface area contributed by atoms with Crippen LogP contribution in [0.2, 0.25) is 0 Å². The van der Waals surface area contributed by atoms with E-state index >= 15 is 0 Å². The smallest absolute Gasteiger partial charge is 0.332 e. The molecule has 0 spiro atoms. The molecule has 1 unspecified atom stereocenters. The number of carboxylic acid groups (broad SMARTS) is 1. The summed E-state index contributed by atoms with van der Waals surface area (Å²) in [6.45, 7) is 0.771. The van der Waals surface area contributed by atoms with Crippen LogP contribution in [-0.4, -0.2) is 52.4 Å². The van der Waals surface area contributed by atoms with Crippen LogP contribution in [0.5, 0.6) is 0 Å². The van der Waals surface area contributed by atoms with Crippen LogP contribution in [0.4, 0.5) is 4.79 Å². The molecule has 0 aliphatic heterocycles. The average Bonchev–Trinajstić information content (AvgIpc) is 3.07. The summed E-state index contributed by atoms with van der Waals surface area (Å²) < 4.78 is 0.206. The number of rotatable bonds is 7. The van der Waals surface area contributed by atoms with Crippen molar-refractivity contribution in [1.82, 2.24) is 10.6 Å². The van der Waals surface area contributed by atoms with Crippen LogP contribution < -0.4 is 10.6 Å². The summed E-state index contributed by atoms with van der Waals surface area (Å²) in [5.41, 5.74) is 0. The quantitative estimate of drug-likeness (QED) is 0.518. The Labute approximate surface area is 104 Å². The first-order valence-corrected chi connectivity index (χ1v) is 6.69. The minimum absolute atomic E-state index is 0.0103. The number of carbonyl (C=O) groups excluding carboxylic acids is 1. The number of thioether (sulfide) groups is 1. The summed E-state index contributed by atoms with van der Waals surface area (Å²) in [5, 5.41) is 22.6.